The average molecular weight is 432 g/mol. The molecule has 1 aliphatic rings. The van der Waals surface area contributed by atoms with Gasteiger partial charge in [0.15, 0.2) is 0 Å². The molecule has 10 heteroatoms. The van der Waals surface area contributed by atoms with E-state index >= 15 is 0 Å². The lowest BCUT2D eigenvalue weighted by Gasteiger charge is -2.19. The summed E-state index contributed by atoms with van der Waals surface area (Å²) in [5.74, 6) is -0.450. The summed E-state index contributed by atoms with van der Waals surface area (Å²) in [5, 5.41) is 10.7. The minimum Gasteiger partial charge on any atom is -0.424 e. The Morgan fingerprint density at radius 1 is 1.00 bits per heavy atom. The van der Waals surface area contributed by atoms with Gasteiger partial charge >= 0.3 is 7.60 Å². The molecule has 1 atom stereocenters. The fourth-order valence-electron chi connectivity index (χ4n) is 3.14. The summed E-state index contributed by atoms with van der Waals surface area (Å²) in [6.07, 6.45) is 0.921. The number of non-ortho nitro benzene ring substituents is 1. The van der Waals surface area contributed by atoms with Crippen molar-refractivity contribution in [3.05, 3.63) is 69.8 Å². The highest BCUT2D eigenvalue weighted by atomic mass is 31.2. The molecule has 3 rings (SSSR count). The van der Waals surface area contributed by atoms with Crippen LogP contribution in [0.2, 0.25) is 0 Å². The third-order valence-corrected chi connectivity index (χ3v) is 6.56. The van der Waals surface area contributed by atoms with Gasteiger partial charge in [-0.1, -0.05) is 12.1 Å². The maximum absolute atomic E-state index is 13.0. The van der Waals surface area contributed by atoms with Crippen molar-refractivity contribution in [2.24, 2.45) is 0 Å². The summed E-state index contributed by atoms with van der Waals surface area (Å²) in [6, 6.07) is 11.9. The Kier molecular flexibility index (Phi) is 6.64. The molecule has 2 aromatic rings. The maximum Gasteiger partial charge on any atom is 0.379 e. The number of nitrogens with zero attached hydrogens (tertiary/aromatic N) is 2. The highest BCUT2D eigenvalue weighted by Crippen LogP contribution is 2.49. The van der Waals surface area contributed by atoms with E-state index in [0.29, 0.717) is 24.0 Å². The number of nitro benzene ring substituents is 1. The first-order valence-corrected chi connectivity index (χ1v) is 11.2. The Morgan fingerprint density at radius 2 is 1.60 bits per heavy atom. The topological polar surface area (TPSA) is 116 Å². The summed E-state index contributed by atoms with van der Waals surface area (Å²) in [6.45, 7) is 2.06. The molecule has 30 heavy (non-hydrogen) atoms. The van der Waals surface area contributed by atoms with Crippen molar-refractivity contribution in [2.75, 3.05) is 19.3 Å². The third kappa shape index (κ3) is 4.75. The lowest BCUT2D eigenvalue weighted by atomic mass is 10.1. The maximum atomic E-state index is 13.0. The van der Waals surface area contributed by atoms with Crippen LogP contribution >= 0.6 is 7.60 Å². The number of hydrogen-bond acceptors (Lipinski definition) is 7. The van der Waals surface area contributed by atoms with Crippen LogP contribution in [0.5, 0.6) is 5.75 Å². The largest absolute Gasteiger partial charge is 0.424 e. The van der Waals surface area contributed by atoms with Crippen molar-refractivity contribution in [3.63, 3.8) is 0 Å². The highest BCUT2D eigenvalue weighted by Gasteiger charge is 2.34. The van der Waals surface area contributed by atoms with Crippen LogP contribution in [0.25, 0.3) is 0 Å². The van der Waals surface area contributed by atoms with Crippen LogP contribution in [0.15, 0.2) is 48.5 Å². The summed E-state index contributed by atoms with van der Waals surface area (Å²) >= 11 is 0. The van der Waals surface area contributed by atoms with Crippen LogP contribution in [-0.4, -0.2) is 41.0 Å². The van der Waals surface area contributed by atoms with Gasteiger partial charge in [0.05, 0.1) is 28.8 Å². The smallest absolute Gasteiger partial charge is 0.379 e. The number of imide groups is 1. The van der Waals surface area contributed by atoms with Crippen LogP contribution in [0.1, 0.15) is 40.5 Å². The molecule has 2 amide bonds. The van der Waals surface area contributed by atoms with Crippen molar-refractivity contribution in [1.82, 2.24) is 4.90 Å². The van der Waals surface area contributed by atoms with E-state index in [4.69, 9.17) is 9.05 Å². The lowest BCUT2D eigenvalue weighted by molar-refractivity contribution is -0.384. The van der Waals surface area contributed by atoms with Crippen LogP contribution in [0.4, 0.5) is 5.69 Å². The number of unbranched alkanes of at least 4 members (excludes halogenated alkanes) is 1. The normalized spacial score (nSPS) is 15.0. The van der Waals surface area contributed by atoms with E-state index in [1.54, 1.807) is 31.2 Å². The average Bonchev–Trinajstić information content (AvgIpc) is 2.96. The predicted octanol–water partition coefficient (Wildman–Crippen LogP) is 4.28. The van der Waals surface area contributed by atoms with Crippen molar-refractivity contribution in [3.8, 4) is 5.75 Å². The summed E-state index contributed by atoms with van der Waals surface area (Å²) in [4.78, 5) is 36.1. The molecule has 1 heterocycles. The molecular weight excluding hydrogens is 411 g/mol. The van der Waals surface area contributed by atoms with E-state index < -0.39 is 12.5 Å². The Balaban J connectivity index is 1.56. The van der Waals surface area contributed by atoms with Gasteiger partial charge < -0.3 is 9.05 Å². The monoisotopic (exact) mass is 432 g/mol. The van der Waals surface area contributed by atoms with Crippen molar-refractivity contribution < 1.29 is 28.1 Å². The van der Waals surface area contributed by atoms with Crippen LogP contribution in [-0.2, 0) is 9.09 Å². The van der Waals surface area contributed by atoms with Crippen molar-refractivity contribution in [2.45, 2.75) is 19.8 Å². The molecular formula is C20H21N2O7P. The van der Waals surface area contributed by atoms with E-state index in [1.165, 1.54) is 29.2 Å². The second-order valence-corrected chi connectivity index (χ2v) is 8.72. The number of carbonyl (C=O) groups is 2. The van der Waals surface area contributed by atoms with Gasteiger partial charge in [-0.15, -0.1) is 0 Å². The number of fused-ring (bicyclic) bond motifs is 1. The number of benzene rings is 2. The molecule has 9 nitrogen and oxygen atoms in total. The van der Waals surface area contributed by atoms with Gasteiger partial charge in [-0.05, 0) is 44.0 Å². The molecule has 0 aromatic heterocycles. The fourth-order valence-corrected chi connectivity index (χ4v) is 4.86. The minimum absolute atomic E-state index is 0.0843. The van der Waals surface area contributed by atoms with Gasteiger partial charge in [-0.2, -0.15) is 0 Å². The Bertz CT molecular complexity index is 971. The standard InChI is InChI=1S/C20H21N2O7P/c1-2-28-30(27,29-16-11-9-15(10-12-16)22(25)26)14-6-5-13-21-19(23)17-7-3-4-8-18(17)20(21)24/h3-4,7-12H,2,5-6,13-14H2,1H3. The second-order valence-electron chi connectivity index (χ2n) is 6.61. The van der Waals surface area contributed by atoms with Crippen LogP contribution in [0, 0.1) is 10.1 Å². The first kappa shape index (κ1) is 21.7. The predicted molar refractivity (Wildman–Crippen MR) is 109 cm³/mol. The quantitative estimate of drug-likeness (QED) is 0.181. The fraction of sp³-hybridized carbons (Fsp3) is 0.300. The van der Waals surface area contributed by atoms with Gasteiger partial charge in [0.1, 0.15) is 5.75 Å². The number of amides is 2. The van der Waals surface area contributed by atoms with Crippen LogP contribution < -0.4 is 4.52 Å². The Hall–Kier alpha value is -3.03. The van der Waals surface area contributed by atoms with E-state index in [0.717, 1.165) is 0 Å². The molecule has 0 aliphatic carbocycles. The number of rotatable bonds is 10. The van der Waals surface area contributed by atoms with E-state index in [9.17, 15) is 24.3 Å². The molecule has 1 unspecified atom stereocenters. The number of hydrogen-bond donors (Lipinski definition) is 0. The van der Waals surface area contributed by atoms with E-state index in [-0.39, 0.29) is 42.6 Å². The third-order valence-electron chi connectivity index (χ3n) is 4.56. The second kappa shape index (κ2) is 9.19. The molecule has 0 bridgehead atoms. The Labute approximate surface area is 173 Å². The summed E-state index contributed by atoms with van der Waals surface area (Å²) in [5.41, 5.74) is 0.683. The van der Waals surface area contributed by atoms with Gasteiger partial charge in [0, 0.05) is 18.7 Å². The SMILES string of the molecule is CCOP(=O)(CCCCN1C(=O)c2ccccc2C1=O)Oc1ccc([N+](=O)[O-])cc1. The number of carbonyl (C=O) groups excluding carboxylic acids is 2. The van der Waals surface area contributed by atoms with Gasteiger partial charge in [0.2, 0.25) is 0 Å². The summed E-state index contributed by atoms with van der Waals surface area (Å²) < 4.78 is 23.8. The lowest BCUT2D eigenvalue weighted by Crippen LogP contribution is -2.30. The molecule has 0 saturated heterocycles. The molecule has 0 saturated carbocycles. The van der Waals surface area contributed by atoms with Crippen LogP contribution in [0.3, 0.4) is 0 Å². The van der Waals surface area contributed by atoms with Gasteiger partial charge in [-0.25, -0.2) is 4.57 Å². The highest BCUT2D eigenvalue weighted by molar-refractivity contribution is 7.54. The van der Waals surface area contributed by atoms with E-state index in [2.05, 4.69) is 0 Å². The molecule has 0 spiro atoms. The zero-order chi connectivity index (χ0) is 21.7. The first-order valence-electron chi connectivity index (χ1n) is 9.47. The van der Waals surface area contributed by atoms with Gasteiger partial charge in [-0.3, -0.25) is 24.6 Å². The molecule has 0 fully saturated rings. The number of nitro groups is 1. The zero-order valence-corrected chi connectivity index (χ0v) is 17.2. The van der Waals surface area contributed by atoms with Crippen molar-refractivity contribution in [1.29, 1.82) is 0 Å². The molecule has 0 radical (unpaired) electrons. The molecule has 0 N–H and O–H groups in total. The molecule has 158 valence electrons. The molecule has 1 aliphatic heterocycles. The van der Waals surface area contributed by atoms with Gasteiger partial charge in [0.25, 0.3) is 17.5 Å². The molecule has 2 aromatic carbocycles. The first-order chi connectivity index (χ1) is 14.3. The Morgan fingerprint density at radius 3 is 2.13 bits per heavy atom. The summed E-state index contributed by atoms with van der Waals surface area (Å²) in [7, 11) is -3.49. The van der Waals surface area contributed by atoms with Crippen molar-refractivity contribution >= 4 is 25.1 Å². The van der Waals surface area contributed by atoms with E-state index in [1.807, 2.05) is 0 Å². The zero-order valence-electron chi connectivity index (χ0n) is 16.4. The minimum atomic E-state index is -3.49.